The number of hydrogen-bond donors (Lipinski definition) is 0. The van der Waals surface area contributed by atoms with Crippen molar-refractivity contribution in [2.24, 2.45) is 0 Å². The van der Waals surface area contributed by atoms with Crippen molar-refractivity contribution < 1.29 is 0 Å². The molecule has 0 atom stereocenters. The number of hydrogen-bond acceptors (Lipinski definition) is 2. The summed E-state index contributed by atoms with van der Waals surface area (Å²) in [6.07, 6.45) is 0.815. The summed E-state index contributed by atoms with van der Waals surface area (Å²) >= 11 is 0. The Morgan fingerprint density at radius 3 is 1.65 bits per heavy atom. The van der Waals surface area contributed by atoms with Crippen LogP contribution in [0.1, 0.15) is 22.3 Å². The summed E-state index contributed by atoms with van der Waals surface area (Å²) in [6.45, 7) is 0. The van der Waals surface area contributed by atoms with Crippen LogP contribution in [-0.4, -0.2) is 0 Å². The van der Waals surface area contributed by atoms with Gasteiger partial charge in [-0.3, -0.25) is 0 Å². The fourth-order valence-electron chi connectivity index (χ4n) is 2.48. The minimum absolute atomic E-state index is 0.656. The van der Waals surface area contributed by atoms with Crippen LogP contribution in [0, 0.1) is 22.7 Å². The summed E-state index contributed by atoms with van der Waals surface area (Å²) in [4.78, 5) is 0. The monoisotopic (exact) mass is 216 g/mol. The van der Waals surface area contributed by atoms with E-state index in [1.807, 2.05) is 36.4 Å². The van der Waals surface area contributed by atoms with Crippen LogP contribution in [0.2, 0.25) is 0 Å². The lowest BCUT2D eigenvalue weighted by molar-refractivity contribution is 1.26. The highest BCUT2D eigenvalue weighted by atomic mass is 14.3. The van der Waals surface area contributed by atoms with Crippen molar-refractivity contribution in [2.45, 2.75) is 6.42 Å². The van der Waals surface area contributed by atoms with Crippen molar-refractivity contribution in [3.8, 4) is 23.3 Å². The molecule has 2 aromatic carbocycles. The van der Waals surface area contributed by atoms with Crippen molar-refractivity contribution in [2.75, 3.05) is 0 Å². The minimum atomic E-state index is 0.656. The molecule has 17 heavy (non-hydrogen) atoms. The number of rotatable bonds is 0. The molecule has 0 N–H and O–H groups in total. The van der Waals surface area contributed by atoms with Crippen molar-refractivity contribution in [3.05, 3.63) is 58.7 Å². The molecule has 0 heterocycles. The van der Waals surface area contributed by atoms with Gasteiger partial charge < -0.3 is 0 Å². The van der Waals surface area contributed by atoms with E-state index in [4.69, 9.17) is 10.5 Å². The minimum Gasteiger partial charge on any atom is -0.192 e. The van der Waals surface area contributed by atoms with Gasteiger partial charge in [-0.1, -0.05) is 24.3 Å². The van der Waals surface area contributed by atoms with Gasteiger partial charge in [0.1, 0.15) is 0 Å². The fourth-order valence-corrected chi connectivity index (χ4v) is 2.48. The molecule has 78 valence electrons. The highest BCUT2D eigenvalue weighted by Gasteiger charge is 2.23. The highest BCUT2D eigenvalue weighted by molar-refractivity contribution is 5.85. The number of benzene rings is 2. The number of nitriles is 2. The molecule has 0 radical (unpaired) electrons. The average molecular weight is 216 g/mol. The van der Waals surface area contributed by atoms with E-state index in [-0.39, 0.29) is 0 Å². The Morgan fingerprint density at radius 1 is 0.765 bits per heavy atom. The molecule has 2 nitrogen and oxygen atoms in total. The van der Waals surface area contributed by atoms with Gasteiger partial charge in [-0.25, -0.2) is 0 Å². The predicted molar refractivity (Wildman–Crippen MR) is 64.1 cm³/mol. The summed E-state index contributed by atoms with van der Waals surface area (Å²) in [7, 11) is 0. The Labute approximate surface area is 99.4 Å². The molecule has 0 aliphatic heterocycles. The fraction of sp³-hybridized carbons (Fsp3) is 0.0667. The van der Waals surface area contributed by atoms with Gasteiger partial charge in [-0.05, 0) is 29.7 Å². The van der Waals surface area contributed by atoms with Gasteiger partial charge in [0.05, 0.1) is 23.3 Å². The Kier molecular flexibility index (Phi) is 1.97. The number of nitrogens with zero attached hydrogens (tertiary/aromatic N) is 2. The van der Waals surface area contributed by atoms with Crippen molar-refractivity contribution >= 4 is 0 Å². The van der Waals surface area contributed by atoms with Gasteiger partial charge in [0.15, 0.2) is 0 Å². The molecule has 0 unspecified atom stereocenters. The van der Waals surface area contributed by atoms with E-state index in [0.29, 0.717) is 11.1 Å². The van der Waals surface area contributed by atoms with Crippen LogP contribution >= 0.6 is 0 Å². The summed E-state index contributed by atoms with van der Waals surface area (Å²) in [6, 6.07) is 15.9. The first kappa shape index (κ1) is 9.63. The molecule has 2 heteroatoms. The number of fused-ring (bicyclic) bond motifs is 3. The Bertz CT molecular complexity index is 638. The van der Waals surface area contributed by atoms with Crippen LogP contribution in [0.4, 0.5) is 0 Å². The molecule has 1 aliphatic rings. The molecule has 0 aromatic heterocycles. The van der Waals surface area contributed by atoms with Crippen molar-refractivity contribution in [1.82, 2.24) is 0 Å². The predicted octanol–water partition coefficient (Wildman–Crippen LogP) is 3.00. The third kappa shape index (κ3) is 1.25. The van der Waals surface area contributed by atoms with E-state index < -0.39 is 0 Å². The lowest BCUT2D eigenvalue weighted by Gasteiger charge is -2.04. The van der Waals surface area contributed by atoms with E-state index >= 15 is 0 Å². The summed E-state index contributed by atoms with van der Waals surface area (Å²) in [5, 5.41) is 18.3. The van der Waals surface area contributed by atoms with E-state index in [0.717, 1.165) is 28.7 Å². The largest absolute Gasteiger partial charge is 0.192 e. The van der Waals surface area contributed by atoms with Crippen molar-refractivity contribution in [3.63, 3.8) is 0 Å². The second-order valence-corrected chi connectivity index (χ2v) is 4.08. The smallest absolute Gasteiger partial charge is 0.0998 e. The second kappa shape index (κ2) is 3.47. The quantitative estimate of drug-likeness (QED) is 0.580. The molecule has 0 spiro atoms. The van der Waals surface area contributed by atoms with Crippen LogP contribution < -0.4 is 0 Å². The Balaban J connectivity index is 2.41. The van der Waals surface area contributed by atoms with Gasteiger partial charge in [0.25, 0.3) is 0 Å². The molecule has 0 bridgehead atoms. The molecule has 0 fully saturated rings. The zero-order valence-corrected chi connectivity index (χ0v) is 9.07. The summed E-state index contributed by atoms with van der Waals surface area (Å²) in [5.41, 5.74) is 5.49. The van der Waals surface area contributed by atoms with E-state index in [1.165, 1.54) is 0 Å². The first-order chi connectivity index (χ1) is 8.35. The summed E-state index contributed by atoms with van der Waals surface area (Å²) < 4.78 is 0. The van der Waals surface area contributed by atoms with Crippen LogP contribution in [0.15, 0.2) is 36.4 Å². The van der Waals surface area contributed by atoms with E-state index in [2.05, 4.69) is 12.1 Å². The first-order valence-corrected chi connectivity index (χ1v) is 5.39. The third-order valence-corrected chi connectivity index (χ3v) is 3.17. The second-order valence-electron chi connectivity index (χ2n) is 4.08. The topological polar surface area (TPSA) is 47.6 Å². The normalized spacial score (nSPS) is 11.2. The van der Waals surface area contributed by atoms with E-state index in [1.54, 1.807) is 0 Å². The third-order valence-electron chi connectivity index (χ3n) is 3.17. The molecule has 0 saturated heterocycles. The molecule has 3 rings (SSSR count). The lowest BCUT2D eigenvalue weighted by atomic mass is 9.96. The van der Waals surface area contributed by atoms with Gasteiger partial charge in [0, 0.05) is 11.1 Å². The van der Waals surface area contributed by atoms with Crippen LogP contribution in [0.3, 0.4) is 0 Å². The van der Waals surface area contributed by atoms with Gasteiger partial charge in [0.2, 0.25) is 0 Å². The van der Waals surface area contributed by atoms with Gasteiger partial charge in [-0.2, -0.15) is 10.5 Å². The first-order valence-electron chi connectivity index (χ1n) is 5.39. The Morgan fingerprint density at radius 2 is 1.24 bits per heavy atom. The average Bonchev–Trinajstić information content (AvgIpc) is 2.76. The molecule has 0 amide bonds. The zero-order chi connectivity index (χ0) is 11.8. The van der Waals surface area contributed by atoms with Gasteiger partial charge >= 0.3 is 0 Å². The Hall–Kier alpha value is -2.58. The maximum atomic E-state index is 9.16. The van der Waals surface area contributed by atoms with E-state index in [9.17, 15) is 0 Å². The molecule has 2 aromatic rings. The van der Waals surface area contributed by atoms with Crippen LogP contribution in [-0.2, 0) is 6.42 Å². The van der Waals surface area contributed by atoms with Crippen LogP contribution in [0.25, 0.3) is 11.1 Å². The molecule has 0 saturated carbocycles. The maximum absolute atomic E-state index is 9.16. The highest BCUT2D eigenvalue weighted by Crippen LogP contribution is 2.40. The van der Waals surface area contributed by atoms with Gasteiger partial charge in [-0.15, -0.1) is 0 Å². The summed E-state index contributed by atoms with van der Waals surface area (Å²) in [5.74, 6) is 0. The maximum Gasteiger partial charge on any atom is 0.0998 e. The standard InChI is InChI=1S/C15H8N2/c16-8-12-5-1-3-10-7-11-4-2-6-13(9-17)15(11)14(10)12/h1-6H,7H2. The zero-order valence-electron chi connectivity index (χ0n) is 9.07. The lowest BCUT2D eigenvalue weighted by Crippen LogP contribution is -1.87. The van der Waals surface area contributed by atoms with Crippen molar-refractivity contribution in [1.29, 1.82) is 10.5 Å². The SMILES string of the molecule is N#Cc1cccc2c1-c1c(C#N)cccc1C2. The molecular formula is C15H8N2. The molecular weight excluding hydrogens is 208 g/mol. The van der Waals surface area contributed by atoms with Crippen LogP contribution in [0.5, 0.6) is 0 Å². The molecule has 1 aliphatic carbocycles.